The highest BCUT2D eigenvalue weighted by Gasteiger charge is 2.38. The number of pyridine rings is 1. The first kappa shape index (κ1) is 35.1. The highest BCUT2D eigenvalue weighted by Crippen LogP contribution is 2.34. The summed E-state index contributed by atoms with van der Waals surface area (Å²) in [4.78, 5) is 68.6. The molecule has 49 heavy (non-hydrogen) atoms. The van der Waals surface area contributed by atoms with Gasteiger partial charge in [0.2, 0.25) is 5.91 Å². The molecule has 0 unspecified atom stereocenters. The second kappa shape index (κ2) is 13.4. The van der Waals surface area contributed by atoms with Crippen molar-refractivity contribution in [2.75, 3.05) is 23.7 Å². The third-order valence-electron chi connectivity index (χ3n) is 8.41. The minimum Gasteiger partial charge on any atom is -0.444 e. The lowest BCUT2D eigenvalue weighted by Crippen LogP contribution is -2.55. The SMILES string of the molecule is CC.Cc1ccc(Nc2c3c(=O)n(C4CC4)c(=O)n(-c4cccc(NC(=O)C5CN(C(=O)OC(C)(C)C)C5)c4)c3c(C)c(=O)n2C)c(F)c1. The number of benzene rings is 2. The number of anilines is 3. The van der Waals surface area contributed by atoms with Crippen LogP contribution in [0.25, 0.3) is 16.6 Å². The summed E-state index contributed by atoms with van der Waals surface area (Å²) in [5.74, 6) is -1.27. The summed E-state index contributed by atoms with van der Waals surface area (Å²) in [6, 6.07) is 10.8. The van der Waals surface area contributed by atoms with Gasteiger partial charge in [-0.2, -0.15) is 0 Å². The van der Waals surface area contributed by atoms with E-state index >= 15 is 0 Å². The highest BCUT2D eigenvalue weighted by molar-refractivity contribution is 5.96. The van der Waals surface area contributed by atoms with Gasteiger partial charge in [0.25, 0.3) is 11.1 Å². The molecular weight excluding hydrogens is 631 g/mol. The van der Waals surface area contributed by atoms with Gasteiger partial charge in [-0.05, 0) is 83.4 Å². The molecule has 0 bridgehead atoms. The van der Waals surface area contributed by atoms with Crippen LogP contribution in [-0.4, -0.2) is 49.3 Å². The van der Waals surface area contributed by atoms with E-state index in [4.69, 9.17) is 4.74 Å². The summed E-state index contributed by atoms with van der Waals surface area (Å²) in [5.41, 5.74) is -0.619. The summed E-state index contributed by atoms with van der Waals surface area (Å²) in [6.07, 6.45) is 0.790. The van der Waals surface area contributed by atoms with Crippen LogP contribution in [0.3, 0.4) is 0 Å². The second-order valence-electron chi connectivity index (χ2n) is 13.3. The smallest absolute Gasteiger partial charge is 0.410 e. The van der Waals surface area contributed by atoms with Gasteiger partial charge in [0.05, 0.1) is 22.8 Å². The number of amides is 2. The van der Waals surface area contributed by atoms with E-state index < -0.39 is 40.2 Å². The molecule has 2 fully saturated rings. The van der Waals surface area contributed by atoms with Crippen molar-refractivity contribution < 1.29 is 18.7 Å². The van der Waals surface area contributed by atoms with Crippen molar-refractivity contribution in [3.63, 3.8) is 0 Å². The summed E-state index contributed by atoms with van der Waals surface area (Å²) in [6.45, 7) is 13.0. The third-order valence-corrected chi connectivity index (χ3v) is 8.41. The quantitative estimate of drug-likeness (QED) is 0.275. The Morgan fingerprint density at radius 1 is 0.959 bits per heavy atom. The number of halogens is 1. The molecule has 1 saturated heterocycles. The zero-order valence-electron chi connectivity index (χ0n) is 29.1. The minimum atomic E-state index is -0.647. The first-order chi connectivity index (χ1) is 23.1. The molecule has 0 spiro atoms. The molecule has 2 aromatic carbocycles. The van der Waals surface area contributed by atoms with Gasteiger partial charge in [0, 0.05) is 37.4 Å². The van der Waals surface area contributed by atoms with Crippen LogP contribution in [0.15, 0.2) is 56.8 Å². The minimum absolute atomic E-state index is 0.0514. The number of hydrogen-bond acceptors (Lipinski definition) is 7. The number of nitrogens with zero attached hydrogens (tertiary/aromatic N) is 4. The summed E-state index contributed by atoms with van der Waals surface area (Å²) >= 11 is 0. The molecule has 2 aromatic heterocycles. The lowest BCUT2D eigenvalue weighted by atomic mass is 10.00. The van der Waals surface area contributed by atoms with Crippen LogP contribution in [0, 0.1) is 25.6 Å². The maximum Gasteiger partial charge on any atom is 0.410 e. The summed E-state index contributed by atoms with van der Waals surface area (Å²) < 4.78 is 24.1. The molecule has 1 aliphatic carbocycles. The molecule has 4 aromatic rings. The van der Waals surface area contributed by atoms with E-state index in [0.29, 0.717) is 29.8 Å². The van der Waals surface area contributed by atoms with Crippen molar-refractivity contribution in [2.24, 2.45) is 13.0 Å². The molecule has 2 N–H and O–H groups in total. The molecule has 3 heterocycles. The lowest BCUT2D eigenvalue weighted by molar-refractivity contribution is -0.124. The van der Waals surface area contributed by atoms with E-state index in [9.17, 15) is 28.4 Å². The van der Waals surface area contributed by atoms with E-state index in [1.165, 1.54) is 44.7 Å². The van der Waals surface area contributed by atoms with E-state index in [-0.39, 0.29) is 53.0 Å². The van der Waals surface area contributed by atoms with E-state index in [1.54, 1.807) is 58.0 Å². The van der Waals surface area contributed by atoms with Gasteiger partial charge in [-0.25, -0.2) is 14.0 Å². The van der Waals surface area contributed by atoms with Gasteiger partial charge in [0.1, 0.15) is 22.6 Å². The van der Waals surface area contributed by atoms with Crippen molar-refractivity contribution in [3.8, 4) is 5.69 Å². The van der Waals surface area contributed by atoms with Crippen LogP contribution in [0.1, 0.15) is 64.6 Å². The number of aryl methyl sites for hydroxylation is 2. The number of likely N-dealkylation sites (tertiary alicyclic amines) is 1. The third kappa shape index (κ3) is 6.87. The fourth-order valence-electron chi connectivity index (χ4n) is 5.79. The van der Waals surface area contributed by atoms with Gasteiger partial charge < -0.3 is 20.3 Å². The molecule has 13 heteroatoms. The fraction of sp³-hybridized carbons (Fsp3) is 0.417. The largest absolute Gasteiger partial charge is 0.444 e. The number of carbonyl (C=O) groups is 2. The number of fused-ring (bicyclic) bond motifs is 1. The van der Waals surface area contributed by atoms with Crippen molar-refractivity contribution in [3.05, 3.63) is 90.6 Å². The van der Waals surface area contributed by atoms with Gasteiger partial charge in [-0.1, -0.05) is 26.0 Å². The average molecular weight is 675 g/mol. The van der Waals surface area contributed by atoms with Crippen LogP contribution in [0.2, 0.25) is 0 Å². The first-order valence-electron chi connectivity index (χ1n) is 16.5. The number of nitrogens with one attached hydrogen (secondary N) is 2. The zero-order chi connectivity index (χ0) is 35.9. The molecule has 6 rings (SSSR count). The molecule has 1 saturated carbocycles. The molecular formula is C36H43FN6O6. The molecule has 2 aliphatic rings. The van der Waals surface area contributed by atoms with Gasteiger partial charge in [-0.15, -0.1) is 0 Å². The number of rotatable bonds is 6. The van der Waals surface area contributed by atoms with E-state index in [2.05, 4.69) is 10.6 Å². The highest BCUT2D eigenvalue weighted by atomic mass is 19.1. The fourth-order valence-corrected chi connectivity index (χ4v) is 5.79. The Hall–Kier alpha value is -5.20. The number of aromatic nitrogens is 3. The van der Waals surface area contributed by atoms with Crippen molar-refractivity contribution in [1.29, 1.82) is 0 Å². The molecule has 260 valence electrons. The normalized spacial score (nSPS) is 14.5. The molecule has 12 nitrogen and oxygen atoms in total. The molecule has 2 amide bonds. The predicted octanol–water partition coefficient (Wildman–Crippen LogP) is 5.52. The Morgan fingerprint density at radius 2 is 1.63 bits per heavy atom. The van der Waals surface area contributed by atoms with Crippen LogP contribution in [0.4, 0.5) is 26.4 Å². The Kier molecular flexibility index (Phi) is 9.58. The van der Waals surface area contributed by atoms with Gasteiger partial charge >= 0.3 is 11.8 Å². The molecule has 0 radical (unpaired) electrons. The topological polar surface area (TPSA) is 137 Å². The van der Waals surface area contributed by atoms with Crippen LogP contribution in [-0.2, 0) is 16.6 Å². The number of carbonyl (C=O) groups excluding carboxylic acids is 2. The van der Waals surface area contributed by atoms with Crippen molar-refractivity contribution in [2.45, 2.75) is 73.0 Å². The van der Waals surface area contributed by atoms with Crippen molar-refractivity contribution >= 4 is 40.1 Å². The zero-order valence-corrected chi connectivity index (χ0v) is 29.1. The number of ether oxygens (including phenoxy) is 1. The van der Waals surface area contributed by atoms with Crippen molar-refractivity contribution in [1.82, 2.24) is 18.6 Å². The summed E-state index contributed by atoms with van der Waals surface area (Å²) in [5, 5.41) is 5.87. The molecule has 0 atom stereocenters. The Labute approximate surface area is 283 Å². The Balaban J connectivity index is 0.00000230. The maximum atomic E-state index is 15.0. The first-order valence-corrected chi connectivity index (χ1v) is 16.5. The standard InChI is InChI=1S/C34H37FN6O6.C2H6/c1-18-10-13-25(24(35)14-18)37-28-26-27(19(2)30(43)38(28)6)40(32(45)41(31(26)44)22-11-12-22)23-9-7-8-21(15-23)36-29(42)20-16-39(17-20)33(46)47-34(3,4)5;1-2/h7-10,13-15,20,22,37H,11-12,16-17H2,1-6H3,(H,36,42);1-2H3. The van der Waals surface area contributed by atoms with E-state index in [1.807, 2.05) is 13.8 Å². The Morgan fingerprint density at radius 3 is 2.24 bits per heavy atom. The van der Waals surface area contributed by atoms with Crippen LogP contribution < -0.4 is 27.4 Å². The van der Waals surface area contributed by atoms with Gasteiger partial charge in [-0.3, -0.25) is 28.1 Å². The monoisotopic (exact) mass is 674 g/mol. The van der Waals surface area contributed by atoms with Crippen LogP contribution in [0.5, 0.6) is 0 Å². The van der Waals surface area contributed by atoms with Crippen LogP contribution >= 0.6 is 0 Å². The van der Waals surface area contributed by atoms with Gasteiger partial charge in [0.15, 0.2) is 0 Å². The predicted molar refractivity (Wildman–Crippen MR) is 188 cm³/mol. The van der Waals surface area contributed by atoms with E-state index in [0.717, 1.165) is 0 Å². The summed E-state index contributed by atoms with van der Waals surface area (Å²) in [7, 11) is 1.49. The maximum absolute atomic E-state index is 15.0. The lowest BCUT2D eigenvalue weighted by Gasteiger charge is -2.38. The average Bonchev–Trinajstić information content (AvgIpc) is 3.84. The molecule has 1 aliphatic heterocycles. The second-order valence-corrected chi connectivity index (χ2v) is 13.3. The Bertz CT molecular complexity index is 2130. The number of hydrogen-bond donors (Lipinski definition) is 2.